The van der Waals surface area contributed by atoms with E-state index in [1.165, 1.54) is 30.3 Å². The fraction of sp³-hybridized carbons (Fsp3) is 0.250. The Hall–Kier alpha value is -3.08. The average molecular weight is 439 g/mol. The second-order valence-electron chi connectivity index (χ2n) is 5.33. The lowest BCUT2D eigenvalue weighted by Crippen LogP contribution is -2.26. The third-order valence-electron chi connectivity index (χ3n) is 3.28. The number of aromatic nitrogens is 2. The highest BCUT2D eigenvalue weighted by molar-refractivity contribution is 9.10. The summed E-state index contributed by atoms with van der Waals surface area (Å²) in [5.41, 5.74) is -0.280. The largest absolute Gasteiger partial charge is 0.451 e. The quantitative estimate of drug-likeness (QED) is 0.397. The Balaban J connectivity index is 1.97. The Labute approximate surface area is 161 Å². The fourth-order valence-electron chi connectivity index (χ4n) is 2.04. The van der Waals surface area contributed by atoms with Crippen molar-refractivity contribution in [2.75, 3.05) is 11.9 Å². The number of anilines is 1. The van der Waals surface area contributed by atoms with Crippen LogP contribution in [0.4, 0.5) is 11.4 Å². The van der Waals surface area contributed by atoms with Crippen molar-refractivity contribution in [3.05, 3.63) is 61.0 Å². The molecule has 10 nitrogen and oxygen atoms in total. The summed E-state index contributed by atoms with van der Waals surface area (Å²) in [5.74, 6) is -1.49. The molecule has 0 radical (unpaired) electrons. The first-order valence-corrected chi connectivity index (χ1v) is 8.60. The number of hydrogen-bond donors (Lipinski definition) is 1. The number of aryl methyl sites for hydroxylation is 1. The average Bonchev–Trinajstić information content (AvgIpc) is 2.63. The first-order chi connectivity index (χ1) is 12.8. The summed E-state index contributed by atoms with van der Waals surface area (Å²) in [6.45, 7) is 1.63. The molecule has 0 saturated heterocycles. The van der Waals surface area contributed by atoms with E-state index in [9.17, 15) is 24.5 Å². The zero-order valence-corrected chi connectivity index (χ0v) is 15.8. The maximum Gasteiger partial charge on any atom is 0.359 e. The van der Waals surface area contributed by atoms with Crippen LogP contribution in [0.25, 0.3) is 0 Å². The number of nitro groups is 1. The van der Waals surface area contributed by atoms with Crippen LogP contribution in [0.15, 0.2) is 39.6 Å². The Morgan fingerprint density at radius 3 is 2.70 bits per heavy atom. The molecule has 1 aromatic heterocycles. The molecule has 0 saturated carbocycles. The summed E-state index contributed by atoms with van der Waals surface area (Å²) in [7, 11) is 0. The van der Waals surface area contributed by atoms with Crippen molar-refractivity contribution in [1.29, 1.82) is 0 Å². The second-order valence-corrected chi connectivity index (χ2v) is 6.18. The highest BCUT2D eigenvalue weighted by Crippen LogP contribution is 2.26. The van der Waals surface area contributed by atoms with Crippen molar-refractivity contribution in [2.45, 2.75) is 19.9 Å². The predicted molar refractivity (Wildman–Crippen MR) is 98.5 cm³/mol. The highest BCUT2D eigenvalue weighted by Gasteiger charge is 2.15. The molecule has 0 atom stereocenters. The van der Waals surface area contributed by atoms with Gasteiger partial charge in [-0.25, -0.2) is 9.48 Å². The zero-order chi connectivity index (χ0) is 20.0. The van der Waals surface area contributed by atoms with Gasteiger partial charge >= 0.3 is 5.97 Å². The van der Waals surface area contributed by atoms with Gasteiger partial charge in [0.05, 0.1) is 10.6 Å². The van der Waals surface area contributed by atoms with E-state index in [0.717, 1.165) is 4.68 Å². The monoisotopic (exact) mass is 438 g/mol. The van der Waals surface area contributed by atoms with Crippen molar-refractivity contribution < 1.29 is 19.2 Å². The topological polar surface area (TPSA) is 133 Å². The van der Waals surface area contributed by atoms with Crippen molar-refractivity contribution in [1.82, 2.24) is 9.78 Å². The van der Waals surface area contributed by atoms with Crippen LogP contribution >= 0.6 is 15.9 Å². The molecule has 27 heavy (non-hydrogen) atoms. The molecule has 0 aliphatic heterocycles. The number of nitrogens with one attached hydrogen (secondary N) is 1. The van der Waals surface area contributed by atoms with E-state index in [4.69, 9.17) is 4.74 Å². The van der Waals surface area contributed by atoms with E-state index in [2.05, 4.69) is 26.3 Å². The number of rotatable bonds is 7. The number of carbonyl (C=O) groups is 2. The molecule has 0 fully saturated rings. The van der Waals surface area contributed by atoms with Gasteiger partial charge in [0.15, 0.2) is 12.3 Å². The number of carbonyl (C=O) groups excluding carboxylic acids is 2. The summed E-state index contributed by atoms with van der Waals surface area (Å²) in [5, 5.41) is 17.1. The SMILES string of the molecule is CCCn1nc(C(=O)OCC(=O)Nc2ccc([N+](=O)[O-])cc2Br)ccc1=O. The number of amides is 1. The van der Waals surface area contributed by atoms with Gasteiger partial charge in [-0.1, -0.05) is 6.92 Å². The molecule has 0 unspecified atom stereocenters. The number of ether oxygens (including phenoxy) is 1. The summed E-state index contributed by atoms with van der Waals surface area (Å²) >= 11 is 3.12. The molecular weight excluding hydrogens is 424 g/mol. The van der Waals surface area contributed by atoms with Crippen LogP contribution < -0.4 is 10.9 Å². The van der Waals surface area contributed by atoms with Crippen LogP contribution in [-0.4, -0.2) is 33.2 Å². The standard InChI is InChI=1S/C16H15BrN4O6/c1-2-7-20-15(23)6-5-13(19-20)16(24)27-9-14(22)18-12-4-3-10(21(25)26)8-11(12)17/h3-6,8H,2,7,9H2,1H3,(H,18,22). The van der Waals surface area contributed by atoms with Gasteiger partial charge < -0.3 is 10.1 Å². The van der Waals surface area contributed by atoms with E-state index in [1.807, 2.05) is 6.92 Å². The smallest absolute Gasteiger partial charge is 0.359 e. The normalized spacial score (nSPS) is 10.3. The Morgan fingerprint density at radius 1 is 1.33 bits per heavy atom. The zero-order valence-electron chi connectivity index (χ0n) is 14.2. The van der Waals surface area contributed by atoms with Gasteiger partial charge in [0.25, 0.3) is 17.2 Å². The lowest BCUT2D eigenvalue weighted by atomic mass is 10.3. The number of non-ortho nitro benzene ring substituents is 1. The van der Waals surface area contributed by atoms with Crippen molar-refractivity contribution >= 4 is 39.2 Å². The first-order valence-electron chi connectivity index (χ1n) is 7.81. The van der Waals surface area contributed by atoms with Crippen LogP contribution in [0.1, 0.15) is 23.8 Å². The maximum absolute atomic E-state index is 12.0. The minimum Gasteiger partial charge on any atom is -0.451 e. The van der Waals surface area contributed by atoms with Gasteiger partial charge in [0.1, 0.15) is 0 Å². The minimum atomic E-state index is -0.849. The lowest BCUT2D eigenvalue weighted by molar-refractivity contribution is -0.384. The molecule has 1 aromatic carbocycles. The first kappa shape index (κ1) is 20.2. The molecule has 1 heterocycles. The van der Waals surface area contributed by atoms with Crippen LogP contribution in [-0.2, 0) is 16.1 Å². The van der Waals surface area contributed by atoms with Crippen LogP contribution in [0, 0.1) is 10.1 Å². The number of halogens is 1. The van der Waals surface area contributed by atoms with E-state index in [-0.39, 0.29) is 22.6 Å². The summed E-state index contributed by atoms with van der Waals surface area (Å²) in [6.07, 6.45) is 0.665. The van der Waals surface area contributed by atoms with Gasteiger partial charge in [0.2, 0.25) is 0 Å². The van der Waals surface area contributed by atoms with Gasteiger partial charge in [-0.15, -0.1) is 0 Å². The third-order valence-corrected chi connectivity index (χ3v) is 3.94. The number of esters is 1. The van der Waals surface area contributed by atoms with Crippen LogP contribution in [0.3, 0.4) is 0 Å². The maximum atomic E-state index is 12.0. The van der Waals surface area contributed by atoms with E-state index in [0.29, 0.717) is 17.4 Å². The van der Waals surface area contributed by atoms with Gasteiger partial charge in [-0.05, 0) is 34.5 Å². The Bertz CT molecular complexity index is 943. The predicted octanol–water partition coefficient (Wildman–Crippen LogP) is 2.12. The summed E-state index contributed by atoms with van der Waals surface area (Å²) in [6, 6.07) is 6.24. The fourth-order valence-corrected chi connectivity index (χ4v) is 2.51. The number of nitrogens with zero attached hydrogens (tertiary/aromatic N) is 3. The Morgan fingerprint density at radius 2 is 2.07 bits per heavy atom. The van der Waals surface area contributed by atoms with Crippen LogP contribution in [0.5, 0.6) is 0 Å². The van der Waals surface area contributed by atoms with Crippen molar-refractivity contribution in [3.63, 3.8) is 0 Å². The summed E-state index contributed by atoms with van der Waals surface area (Å²) < 4.78 is 6.34. The molecule has 0 spiro atoms. The molecule has 2 aromatic rings. The molecule has 0 aliphatic rings. The van der Waals surface area contributed by atoms with E-state index < -0.39 is 23.4 Å². The van der Waals surface area contributed by atoms with Crippen LogP contribution in [0.2, 0.25) is 0 Å². The molecule has 11 heteroatoms. The van der Waals surface area contributed by atoms with Gasteiger partial charge in [-0.3, -0.25) is 19.7 Å². The van der Waals surface area contributed by atoms with Gasteiger partial charge in [0, 0.05) is 29.2 Å². The molecule has 2 rings (SSSR count). The molecule has 1 amide bonds. The third kappa shape index (κ3) is 5.45. The molecule has 1 N–H and O–H groups in total. The highest BCUT2D eigenvalue weighted by atomic mass is 79.9. The molecular formula is C16H15BrN4O6. The van der Waals surface area contributed by atoms with Crippen molar-refractivity contribution in [2.24, 2.45) is 0 Å². The molecule has 0 aliphatic carbocycles. The Kier molecular flexibility index (Phi) is 6.77. The number of hydrogen-bond acceptors (Lipinski definition) is 7. The van der Waals surface area contributed by atoms with E-state index >= 15 is 0 Å². The molecule has 0 bridgehead atoms. The minimum absolute atomic E-state index is 0.0904. The second kappa shape index (κ2) is 9.03. The van der Waals surface area contributed by atoms with Gasteiger partial charge in [-0.2, -0.15) is 5.10 Å². The van der Waals surface area contributed by atoms with Crippen molar-refractivity contribution in [3.8, 4) is 0 Å². The lowest BCUT2D eigenvalue weighted by Gasteiger charge is -2.08. The molecule has 142 valence electrons. The summed E-state index contributed by atoms with van der Waals surface area (Å²) in [4.78, 5) is 45.6. The number of benzene rings is 1. The van der Waals surface area contributed by atoms with E-state index in [1.54, 1.807) is 0 Å². The number of nitro benzene ring substituents is 1.